The predicted octanol–water partition coefficient (Wildman–Crippen LogP) is 3.62. The summed E-state index contributed by atoms with van der Waals surface area (Å²) in [5.41, 5.74) is 6.70. The Morgan fingerprint density at radius 3 is 2.04 bits per heavy atom. The number of aliphatic hydroxyl groups is 2. The molecule has 2 aromatic rings. The van der Waals surface area contributed by atoms with E-state index in [0.717, 1.165) is 25.7 Å². The molecule has 0 saturated heterocycles. The van der Waals surface area contributed by atoms with E-state index in [2.05, 4.69) is 56.3 Å². The Hall–Kier alpha value is -1.64. The normalized spacial score (nSPS) is 11.2. The van der Waals surface area contributed by atoms with Crippen LogP contribution in [0.2, 0.25) is 0 Å². The summed E-state index contributed by atoms with van der Waals surface area (Å²) in [4.78, 5) is 0. The fraction of sp³-hybridized carbons (Fsp3) is 0.429. The highest BCUT2D eigenvalue weighted by molar-refractivity contribution is 5.32. The molecular formula is C21H28O2. The maximum atomic E-state index is 9.14. The van der Waals surface area contributed by atoms with Gasteiger partial charge in [-0.25, -0.2) is 0 Å². The van der Waals surface area contributed by atoms with Gasteiger partial charge < -0.3 is 10.2 Å². The third-order valence-corrected chi connectivity index (χ3v) is 4.57. The molecule has 0 spiro atoms. The predicted molar refractivity (Wildman–Crippen MR) is 95.7 cm³/mol. The van der Waals surface area contributed by atoms with Crippen LogP contribution < -0.4 is 0 Å². The van der Waals surface area contributed by atoms with Crippen molar-refractivity contribution in [1.82, 2.24) is 0 Å². The molecule has 0 radical (unpaired) electrons. The van der Waals surface area contributed by atoms with Crippen molar-refractivity contribution in [2.24, 2.45) is 5.92 Å². The highest BCUT2D eigenvalue weighted by Gasteiger charge is 2.07. The third kappa shape index (κ3) is 5.49. The quantitative estimate of drug-likeness (QED) is 0.781. The SMILES string of the molecule is Cc1ccc(CCc2ccc(CCC(CO)CO)cc2C)cc1. The van der Waals surface area contributed by atoms with Crippen LogP contribution in [0.4, 0.5) is 0 Å². The van der Waals surface area contributed by atoms with Gasteiger partial charge in [-0.3, -0.25) is 0 Å². The second-order valence-electron chi connectivity index (χ2n) is 6.52. The molecule has 0 bridgehead atoms. The molecule has 0 aliphatic carbocycles. The Bertz CT molecular complexity index is 598. The molecule has 0 aliphatic heterocycles. The average molecular weight is 312 g/mol. The topological polar surface area (TPSA) is 40.5 Å². The maximum absolute atomic E-state index is 9.14. The largest absolute Gasteiger partial charge is 0.396 e. The van der Waals surface area contributed by atoms with Crippen LogP contribution in [0.5, 0.6) is 0 Å². The van der Waals surface area contributed by atoms with E-state index in [1.807, 2.05) is 0 Å². The fourth-order valence-corrected chi connectivity index (χ4v) is 2.84. The van der Waals surface area contributed by atoms with E-state index in [0.29, 0.717) is 0 Å². The molecule has 0 aromatic heterocycles. The number of aliphatic hydroxyl groups excluding tert-OH is 2. The van der Waals surface area contributed by atoms with Gasteiger partial charge in [0.1, 0.15) is 0 Å². The second kappa shape index (κ2) is 8.85. The zero-order valence-electron chi connectivity index (χ0n) is 14.3. The molecule has 2 N–H and O–H groups in total. The van der Waals surface area contributed by atoms with Crippen LogP contribution in [0.1, 0.15) is 34.2 Å². The third-order valence-electron chi connectivity index (χ3n) is 4.57. The van der Waals surface area contributed by atoms with E-state index >= 15 is 0 Å². The minimum Gasteiger partial charge on any atom is -0.396 e. The smallest absolute Gasteiger partial charge is 0.0481 e. The van der Waals surface area contributed by atoms with Crippen LogP contribution >= 0.6 is 0 Å². The molecule has 0 fully saturated rings. The summed E-state index contributed by atoms with van der Waals surface area (Å²) in [5, 5.41) is 18.3. The zero-order valence-corrected chi connectivity index (χ0v) is 14.3. The van der Waals surface area contributed by atoms with Crippen molar-refractivity contribution in [2.45, 2.75) is 39.5 Å². The number of hydrogen-bond donors (Lipinski definition) is 2. The fourth-order valence-electron chi connectivity index (χ4n) is 2.84. The first kappa shape index (κ1) is 17.7. The van der Waals surface area contributed by atoms with E-state index in [9.17, 15) is 0 Å². The first-order valence-corrected chi connectivity index (χ1v) is 8.48. The Labute approximate surface area is 139 Å². The van der Waals surface area contributed by atoms with Crippen LogP contribution in [-0.4, -0.2) is 23.4 Å². The van der Waals surface area contributed by atoms with E-state index in [1.165, 1.54) is 27.8 Å². The van der Waals surface area contributed by atoms with Gasteiger partial charge in [-0.15, -0.1) is 0 Å². The average Bonchev–Trinajstić information content (AvgIpc) is 2.56. The summed E-state index contributed by atoms with van der Waals surface area (Å²) in [6, 6.07) is 15.4. The van der Waals surface area contributed by atoms with E-state index in [4.69, 9.17) is 10.2 Å². The van der Waals surface area contributed by atoms with Gasteiger partial charge in [0.15, 0.2) is 0 Å². The second-order valence-corrected chi connectivity index (χ2v) is 6.52. The van der Waals surface area contributed by atoms with Crippen molar-refractivity contribution in [3.8, 4) is 0 Å². The Kier molecular flexibility index (Phi) is 6.82. The molecule has 0 amide bonds. The molecule has 2 nitrogen and oxygen atoms in total. The van der Waals surface area contributed by atoms with Gasteiger partial charge in [0.25, 0.3) is 0 Å². The maximum Gasteiger partial charge on any atom is 0.0481 e. The summed E-state index contributed by atoms with van der Waals surface area (Å²) in [6.45, 7) is 4.41. The summed E-state index contributed by atoms with van der Waals surface area (Å²) < 4.78 is 0. The van der Waals surface area contributed by atoms with Crippen molar-refractivity contribution in [1.29, 1.82) is 0 Å². The number of rotatable bonds is 8. The summed E-state index contributed by atoms with van der Waals surface area (Å²) >= 11 is 0. The molecule has 23 heavy (non-hydrogen) atoms. The van der Waals surface area contributed by atoms with E-state index < -0.39 is 0 Å². The van der Waals surface area contributed by atoms with Crippen molar-refractivity contribution in [3.63, 3.8) is 0 Å². The molecule has 2 aromatic carbocycles. The van der Waals surface area contributed by atoms with Gasteiger partial charge in [0.2, 0.25) is 0 Å². The summed E-state index contributed by atoms with van der Waals surface area (Å²) in [7, 11) is 0. The first-order chi connectivity index (χ1) is 11.1. The minimum absolute atomic E-state index is 0.00322. The van der Waals surface area contributed by atoms with Crippen molar-refractivity contribution >= 4 is 0 Å². The highest BCUT2D eigenvalue weighted by Crippen LogP contribution is 2.17. The van der Waals surface area contributed by atoms with Crippen molar-refractivity contribution < 1.29 is 10.2 Å². The van der Waals surface area contributed by atoms with Crippen LogP contribution in [0.3, 0.4) is 0 Å². The van der Waals surface area contributed by atoms with Crippen LogP contribution in [-0.2, 0) is 19.3 Å². The monoisotopic (exact) mass is 312 g/mol. The number of benzene rings is 2. The Morgan fingerprint density at radius 1 is 0.783 bits per heavy atom. The van der Waals surface area contributed by atoms with Crippen molar-refractivity contribution in [2.75, 3.05) is 13.2 Å². The van der Waals surface area contributed by atoms with Gasteiger partial charge in [-0.1, -0.05) is 48.0 Å². The standard InChI is InChI=1S/C21H28O2/c1-16-3-5-18(6-4-16)9-11-21-12-10-19(13-17(21)2)7-8-20(14-22)15-23/h3-6,10,12-13,20,22-23H,7-9,11,14-15H2,1-2H3. The van der Waals surface area contributed by atoms with Gasteiger partial charge in [-0.2, -0.15) is 0 Å². The molecule has 0 unspecified atom stereocenters. The van der Waals surface area contributed by atoms with Crippen molar-refractivity contribution in [3.05, 3.63) is 70.3 Å². The highest BCUT2D eigenvalue weighted by atomic mass is 16.3. The van der Waals surface area contributed by atoms with Crippen LogP contribution in [0.25, 0.3) is 0 Å². The minimum atomic E-state index is -0.00322. The van der Waals surface area contributed by atoms with Gasteiger partial charge in [0.05, 0.1) is 0 Å². The van der Waals surface area contributed by atoms with E-state index in [-0.39, 0.29) is 19.1 Å². The van der Waals surface area contributed by atoms with E-state index in [1.54, 1.807) is 0 Å². The number of aryl methyl sites for hydroxylation is 5. The molecule has 0 atom stereocenters. The lowest BCUT2D eigenvalue weighted by Gasteiger charge is -2.12. The molecule has 2 heteroatoms. The molecule has 0 aliphatic rings. The number of hydrogen-bond acceptors (Lipinski definition) is 2. The lowest BCUT2D eigenvalue weighted by Crippen LogP contribution is -2.12. The molecule has 0 saturated carbocycles. The van der Waals surface area contributed by atoms with Gasteiger partial charge in [0, 0.05) is 19.1 Å². The Balaban J connectivity index is 1.92. The molecule has 2 rings (SSSR count). The zero-order chi connectivity index (χ0) is 16.7. The van der Waals surface area contributed by atoms with Gasteiger partial charge >= 0.3 is 0 Å². The summed E-state index contributed by atoms with van der Waals surface area (Å²) in [5.74, 6) is -0.00322. The first-order valence-electron chi connectivity index (χ1n) is 8.48. The molecular weight excluding hydrogens is 284 g/mol. The summed E-state index contributed by atoms with van der Waals surface area (Å²) in [6.07, 6.45) is 3.86. The van der Waals surface area contributed by atoms with Crippen LogP contribution in [0, 0.1) is 19.8 Å². The lowest BCUT2D eigenvalue weighted by atomic mass is 9.95. The van der Waals surface area contributed by atoms with Crippen LogP contribution in [0.15, 0.2) is 42.5 Å². The lowest BCUT2D eigenvalue weighted by molar-refractivity contribution is 0.144. The molecule has 0 heterocycles. The van der Waals surface area contributed by atoms with Gasteiger partial charge in [-0.05, 0) is 61.8 Å². The molecule has 124 valence electrons. The Morgan fingerprint density at radius 2 is 1.43 bits per heavy atom.